The Labute approximate surface area is 123 Å². The maximum absolute atomic E-state index is 12.7. The molecule has 0 spiro atoms. The molecular formula is C17H30N2O. The first kappa shape index (κ1) is 14.4. The Morgan fingerprint density at radius 3 is 2.55 bits per heavy atom. The monoisotopic (exact) mass is 278 g/mol. The lowest BCUT2D eigenvalue weighted by atomic mass is 9.79. The van der Waals surface area contributed by atoms with Gasteiger partial charge in [-0.1, -0.05) is 13.3 Å². The van der Waals surface area contributed by atoms with Gasteiger partial charge in [0.2, 0.25) is 5.91 Å². The van der Waals surface area contributed by atoms with Crippen molar-refractivity contribution in [3.8, 4) is 0 Å². The maximum atomic E-state index is 12.7. The molecule has 3 nitrogen and oxygen atoms in total. The number of amides is 1. The molecular weight excluding hydrogens is 248 g/mol. The van der Waals surface area contributed by atoms with Crippen molar-refractivity contribution >= 4 is 5.91 Å². The van der Waals surface area contributed by atoms with Crippen LogP contribution in [0, 0.1) is 29.6 Å². The summed E-state index contributed by atoms with van der Waals surface area (Å²) >= 11 is 0. The number of hydrogen-bond donors (Lipinski definition) is 1. The molecule has 3 heteroatoms. The topological polar surface area (TPSA) is 46.3 Å². The molecule has 0 heterocycles. The van der Waals surface area contributed by atoms with Crippen molar-refractivity contribution in [1.82, 2.24) is 4.90 Å². The smallest absolute Gasteiger partial charge is 0.225 e. The van der Waals surface area contributed by atoms with Gasteiger partial charge in [-0.15, -0.1) is 0 Å². The molecule has 0 aliphatic heterocycles. The first-order valence-electron chi connectivity index (χ1n) is 8.53. The van der Waals surface area contributed by atoms with E-state index in [0.29, 0.717) is 11.8 Å². The van der Waals surface area contributed by atoms with E-state index in [2.05, 4.69) is 6.92 Å². The average Bonchev–Trinajstić information content (AvgIpc) is 2.98. The van der Waals surface area contributed by atoms with Crippen molar-refractivity contribution in [3.63, 3.8) is 0 Å². The molecule has 0 aromatic carbocycles. The molecule has 1 amide bonds. The number of nitrogens with two attached hydrogens (primary N) is 1. The number of fused-ring (bicyclic) bond motifs is 2. The van der Waals surface area contributed by atoms with Crippen LogP contribution < -0.4 is 5.73 Å². The summed E-state index contributed by atoms with van der Waals surface area (Å²) in [5.74, 6) is 3.78. The standard InChI is InChI=1S/C17H30N2O/c1-11-5-14(9-16(18)6-11)17(20)19(2)10-15-8-12-3-4-13(15)7-12/h11-16H,3-10,18H2,1-2H3. The summed E-state index contributed by atoms with van der Waals surface area (Å²) in [7, 11) is 2.01. The Morgan fingerprint density at radius 2 is 1.95 bits per heavy atom. The maximum Gasteiger partial charge on any atom is 0.225 e. The van der Waals surface area contributed by atoms with Crippen LogP contribution in [-0.2, 0) is 4.79 Å². The van der Waals surface area contributed by atoms with Crippen LogP contribution in [0.25, 0.3) is 0 Å². The Hall–Kier alpha value is -0.570. The lowest BCUT2D eigenvalue weighted by Gasteiger charge is -2.34. The van der Waals surface area contributed by atoms with Gasteiger partial charge in [-0.25, -0.2) is 0 Å². The van der Waals surface area contributed by atoms with Gasteiger partial charge in [0.15, 0.2) is 0 Å². The van der Waals surface area contributed by atoms with E-state index in [1.165, 1.54) is 25.7 Å². The normalized spacial score (nSPS) is 43.8. The lowest BCUT2D eigenvalue weighted by molar-refractivity contribution is -0.136. The molecule has 114 valence electrons. The zero-order valence-corrected chi connectivity index (χ0v) is 13.1. The van der Waals surface area contributed by atoms with Crippen molar-refractivity contribution < 1.29 is 4.79 Å². The van der Waals surface area contributed by atoms with Gasteiger partial charge >= 0.3 is 0 Å². The van der Waals surface area contributed by atoms with E-state index in [-0.39, 0.29) is 12.0 Å². The summed E-state index contributed by atoms with van der Waals surface area (Å²) < 4.78 is 0. The van der Waals surface area contributed by atoms with Gasteiger partial charge in [-0.2, -0.15) is 0 Å². The Balaban J connectivity index is 1.54. The first-order chi connectivity index (χ1) is 9.52. The highest BCUT2D eigenvalue weighted by molar-refractivity contribution is 5.78. The van der Waals surface area contributed by atoms with Gasteiger partial charge in [0.1, 0.15) is 0 Å². The molecule has 0 aromatic rings. The molecule has 3 aliphatic carbocycles. The molecule has 2 N–H and O–H groups in total. The van der Waals surface area contributed by atoms with E-state index in [9.17, 15) is 4.79 Å². The van der Waals surface area contributed by atoms with E-state index in [1.807, 2.05) is 11.9 Å². The molecule has 3 saturated carbocycles. The second-order valence-electron chi connectivity index (χ2n) is 7.92. The third-order valence-electron chi connectivity index (χ3n) is 6.10. The van der Waals surface area contributed by atoms with Gasteiger partial charge in [0, 0.05) is 25.6 Å². The highest BCUT2D eigenvalue weighted by Crippen LogP contribution is 2.48. The molecule has 3 aliphatic rings. The quantitative estimate of drug-likeness (QED) is 0.862. The van der Waals surface area contributed by atoms with E-state index in [4.69, 9.17) is 5.73 Å². The zero-order valence-electron chi connectivity index (χ0n) is 13.1. The van der Waals surface area contributed by atoms with E-state index in [0.717, 1.165) is 43.6 Å². The van der Waals surface area contributed by atoms with E-state index < -0.39 is 0 Å². The molecule has 2 bridgehead atoms. The molecule has 6 unspecified atom stereocenters. The van der Waals surface area contributed by atoms with Crippen molar-refractivity contribution in [2.45, 2.75) is 57.9 Å². The fraction of sp³-hybridized carbons (Fsp3) is 0.941. The highest BCUT2D eigenvalue weighted by atomic mass is 16.2. The van der Waals surface area contributed by atoms with Crippen molar-refractivity contribution in [3.05, 3.63) is 0 Å². The molecule has 6 atom stereocenters. The number of carbonyl (C=O) groups excluding carboxylic acids is 1. The van der Waals surface area contributed by atoms with Crippen molar-refractivity contribution in [1.29, 1.82) is 0 Å². The summed E-state index contributed by atoms with van der Waals surface area (Å²) in [6, 6.07) is 0.226. The predicted molar refractivity (Wildman–Crippen MR) is 81.1 cm³/mol. The van der Waals surface area contributed by atoms with Crippen LogP contribution in [-0.4, -0.2) is 30.4 Å². The summed E-state index contributed by atoms with van der Waals surface area (Å²) in [5.41, 5.74) is 6.10. The Bertz CT molecular complexity index is 360. The fourth-order valence-electron chi connectivity index (χ4n) is 5.21. The Morgan fingerprint density at radius 1 is 1.15 bits per heavy atom. The van der Waals surface area contributed by atoms with Crippen molar-refractivity contribution in [2.24, 2.45) is 35.3 Å². The van der Waals surface area contributed by atoms with Gasteiger partial charge in [-0.3, -0.25) is 4.79 Å². The molecule has 3 fully saturated rings. The van der Waals surface area contributed by atoms with Crippen LogP contribution in [0.1, 0.15) is 51.9 Å². The minimum atomic E-state index is 0.178. The van der Waals surface area contributed by atoms with Gasteiger partial charge in [0.25, 0.3) is 0 Å². The third-order valence-corrected chi connectivity index (χ3v) is 6.10. The van der Waals surface area contributed by atoms with Gasteiger partial charge < -0.3 is 10.6 Å². The summed E-state index contributed by atoms with van der Waals surface area (Å²) in [6.07, 6.45) is 8.65. The largest absolute Gasteiger partial charge is 0.345 e. The summed E-state index contributed by atoms with van der Waals surface area (Å²) in [6.45, 7) is 3.22. The molecule has 0 radical (unpaired) electrons. The van der Waals surface area contributed by atoms with E-state index in [1.54, 1.807) is 0 Å². The van der Waals surface area contributed by atoms with Gasteiger partial charge in [0.05, 0.1) is 0 Å². The molecule has 0 aromatic heterocycles. The molecule has 20 heavy (non-hydrogen) atoms. The number of hydrogen-bond acceptors (Lipinski definition) is 2. The first-order valence-corrected chi connectivity index (χ1v) is 8.53. The number of nitrogens with zero attached hydrogens (tertiary/aromatic N) is 1. The average molecular weight is 278 g/mol. The molecule has 0 saturated heterocycles. The second kappa shape index (κ2) is 5.67. The SMILES string of the molecule is CC1CC(N)CC(C(=O)N(C)CC2CC3CCC2C3)C1. The van der Waals surface area contributed by atoms with Gasteiger partial charge in [-0.05, 0) is 62.2 Å². The van der Waals surface area contributed by atoms with E-state index >= 15 is 0 Å². The van der Waals surface area contributed by atoms with Crippen LogP contribution >= 0.6 is 0 Å². The highest BCUT2D eigenvalue weighted by Gasteiger charge is 2.40. The third kappa shape index (κ3) is 2.88. The zero-order chi connectivity index (χ0) is 14.3. The predicted octanol–water partition coefficient (Wildman–Crippen LogP) is 2.64. The minimum absolute atomic E-state index is 0.178. The lowest BCUT2D eigenvalue weighted by Crippen LogP contribution is -2.42. The van der Waals surface area contributed by atoms with Crippen molar-refractivity contribution in [2.75, 3.05) is 13.6 Å². The fourth-order valence-corrected chi connectivity index (χ4v) is 5.21. The van der Waals surface area contributed by atoms with Crippen LogP contribution in [0.4, 0.5) is 0 Å². The second-order valence-corrected chi connectivity index (χ2v) is 7.92. The van der Waals surface area contributed by atoms with Crippen LogP contribution in [0.2, 0.25) is 0 Å². The number of rotatable bonds is 3. The van der Waals surface area contributed by atoms with Crippen LogP contribution in [0.3, 0.4) is 0 Å². The van der Waals surface area contributed by atoms with Crippen LogP contribution in [0.15, 0.2) is 0 Å². The summed E-state index contributed by atoms with van der Waals surface area (Å²) in [5, 5.41) is 0. The van der Waals surface area contributed by atoms with Crippen LogP contribution in [0.5, 0.6) is 0 Å². The number of carbonyl (C=O) groups is 1. The minimum Gasteiger partial charge on any atom is -0.345 e. The Kier molecular flexibility index (Phi) is 4.07. The molecule has 3 rings (SSSR count). The summed E-state index contributed by atoms with van der Waals surface area (Å²) in [4.78, 5) is 14.7.